The molecule has 2 aliphatic rings. The van der Waals surface area contributed by atoms with Crippen LogP contribution in [0.2, 0.25) is 0 Å². The molecule has 4 atom stereocenters. The van der Waals surface area contributed by atoms with Crippen LogP contribution in [0, 0.1) is 0 Å². The number of rotatable bonds is 1. The Bertz CT molecular complexity index is 473. The van der Waals surface area contributed by atoms with Crippen molar-refractivity contribution in [2.24, 2.45) is 0 Å². The fourth-order valence-electron chi connectivity index (χ4n) is 2.02. The van der Waals surface area contributed by atoms with Crippen LogP contribution in [0.5, 0.6) is 6.01 Å². The number of nitrogens with zero attached hydrogens (tertiary/aromatic N) is 2. The zero-order valence-corrected chi connectivity index (χ0v) is 8.18. The van der Waals surface area contributed by atoms with Crippen LogP contribution >= 0.6 is 0 Å². The van der Waals surface area contributed by atoms with Crippen LogP contribution in [-0.2, 0) is 4.74 Å². The minimum Gasteiger partial charge on any atom is -0.453 e. The van der Waals surface area contributed by atoms with E-state index < -0.39 is 30.1 Å². The summed E-state index contributed by atoms with van der Waals surface area (Å²) in [6, 6.07) is 1.43. The molecule has 0 saturated carbocycles. The van der Waals surface area contributed by atoms with E-state index in [4.69, 9.17) is 14.6 Å². The number of ether oxygens (including phenoxy) is 2. The van der Waals surface area contributed by atoms with Crippen LogP contribution in [0.1, 0.15) is 6.23 Å². The zero-order valence-electron chi connectivity index (χ0n) is 8.18. The van der Waals surface area contributed by atoms with E-state index in [0.29, 0.717) is 0 Å². The summed E-state index contributed by atoms with van der Waals surface area (Å²) in [5.41, 5.74) is -0.403. The number of aliphatic hydroxyl groups excluding tert-OH is 2. The van der Waals surface area contributed by atoms with Crippen molar-refractivity contribution in [3.8, 4) is 6.01 Å². The Morgan fingerprint density at radius 1 is 1.56 bits per heavy atom. The van der Waals surface area contributed by atoms with Crippen LogP contribution in [-0.4, -0.2) is 44.7 Å². The van der Waals surface area contributed by atoms with Crippen LogP contribution in [0.4, 0.5) is 0 Å². The van der Waals surface area contributed by atoms with Gasteiger partial charge in [0, 0.05) is 12.3 Å². The normalized spacial score (nSPS) is 35.6. The molecule has 3 heterocycles. The molecule has 0 aromatic carbocycles. The summed E-state index contributed by atoms with van der Waals surface area (Å²) in [4.78, 5) is 14.7. The molecule has 3 rings (SSSR count). The lowest BCUT2D eigenvalue weighted by Gasteiger charge is -2.13. The van der Waals surface area contributed by atoms with Gasteiger partial charge in [-0.15, -0.1) is 0 Å². The Morgan fingerprint density at radius 2 is 2.38 bits per heavy atom. The first-order valence-electron chi connectivity index (χ1n) is 4.91. The molecule has 7 nitrogen and oxygen atoms in total. The van der Waals surface area contributed by atoms with Crippen LogP contribution in [0.3, 0.4) is 0 Å². The Kier molecular flexibility index (Phi) is 2.00. The number of fused-ring (bicyclic) bond motifs is 3. The van der Waals surface area contributed by atoms with Crippen molar-refractivity contribution >= 4 is 0 Å². The molecular formula is C9H10N2O5. The number of aromatic nitrogens is 2. The highest BCUT2D eigenvalue weighted by Gasteiger charge is 2.50. The van der Waals surface area contributed by atoms with E-state index in [1.165, 1.54) is 16.8 Å². The molecule has 0 amide bonds. The van der Waals surface area contributed by atoms with Gasteiger partial charge in [-0.2, -0.15) is 4.98 Å². The highest BCUT2D eigenvalue weighted by molar-refractivity contribution is 5.10. The number of hydrogen-bond donors (Lipinski definition) is 2. The summed E-state index contributed by atoms with van der Waals surface area (Å²) in [5.74, 6) is 0. The maximum Gasteiger partial charge on any atom is 0.302 e. The molecule has 2 aliphatic heterocycles. The van der Waals surface area contributed by atoms with Crippen molar-refractivity contribution in [1.29, 1.82) is 0 Å². The van der Waals surface area contributed by atoms with Gasteiger partial charge < -0.3 is 19.7 Å². The maximum atomic E-state index is 11.0. The van der Waals surface area contributed by atoms with Crippen molar-refractivity contribution in [3.05, 3.63) is 22.6 Å². The number of aliphatic hydroxyl groups is 2. The van der Waals surface area contributed by atoms with Gasteiger partial charge in [0.2, 0.25) is 0 Å². The molecule has 1 aromatic rings. The van der Waals surface area contributed by atoms with E-state index in [0.717, 1.165) is 0 Å². The summed E-state index contributed by atoms with van der Waals surface area (Å²) in [6.07, 6.45) is -1.24. The second kappa shape index (κ2) is 3.27. The highest BCUT2D eigenvalue weighted by atomic mass is 16.6. The smallest absolute Gasteiger partial charge is 0.302 e. The minimum absolute atomic E-state index is 0.137. The second-order valence-electron chi connectivity index (χ2n) is 3.78. The maximum absolute atomic E-state index is 11.0. The molecule has 2 unspecified atom stereocenters. The summed E-state index contributed by atoms with van der Waals surface area (Å²) < 4.78 is 12.3. The predicted octanol–water partition coefficient (Wildman–Crippen LogP) is -1.75. The monoisotopic (exact) mass is 226 g/mol. The van der Waals surface area contributed by atoms with Gasteiger partial charge in [0.15, 0.2) is 12.3 Å². The molecule has 0 aliphatic carbocycles. The third kappa shape index (κ3) is 1.19. The van der Waals surface area contributed by atoms with Gasteiger partial charge in [-0.1, -0.05) is 0 Å². The van der Waals surface area contributed by atoms with E-state index in [-0.39, 0.29) is 12.6 Å². The van der Waals surface area contributed by atoms with E-state index in [1.807, 2.05) is 0 Å². The third-order valence-corrected chi connectivity index (χ3v) is 2.81. The molecule has 0 bridgehead atoms. The first-order chi connectivity index (χ1) is 7.70. The highest BCUT2D eigenvalue weighted by Crippen LogP contribution is 2.38. The SMILES string of the molecule is O=c1ccn2c(n1)OC1C2O[C@@H](CO)[C@@H]1O. The van der Waals surface area contributed by atoms with Gasteiger partial charge in [-0.25, -0.2) is 0 Å². The van der Waals surface area contributed by atoms with Gasteiger partial charge in [-0.05, 0) is 0 Å². The number of hydrogen-bond acceptors (Lipinski definition) is 6. The van der Waals surface area contributed by atoms with Gasteiger partial charge in [0.05, 0.1) is 6.61 Å². The van der Waals surface area contributed by atoms with Crippen LogP contribution in [0.15, 0.2) is 17.1 Å². The zero-order chi connectivity index (χ0) is 11.3. The van der Waals surface area contributed by atoms with Crippen LogP contribution < -0.4 is 10.3 Å². The van der Waals surface area contributed by atoms with Crippen molar-refractivity contribution in [2.75, 3.05) is 6.61 Å². The van der Waals surface area contributed by atoms with Crippen molar-refractivity contribution < 1.29 is 19.7 Å². The molecule has 2 N–H and O–H groups in total. The first kappa shape index (κ1) is 9.76. The van der Waals surface area contributed by atoms with Crippen LogP contribution in [0.25, 0.3) is 0 Å². The lowest BCUT2D eigenvalue weighted by atomic mass is 10.1. The molecular weight excluding hydrogens is 216 g/mol. The topological polar surface area (TPSA) is 93.8 Å². The Balaban J connectivity index is 1.99. The predicted molar refractivity (Wildman–Crippen MR) is 49.9 cm³/mol. The Morgan fingerprint density at radius 3 is 3.12 bits per heavy atom. The van der Waals surface area contributed by atoms with Gasteiger partial charge in [0.25, 0.3) is 5.56 Å². The van der Waals surface area contributed by atoms with E-state index in [2.05, 4.69) is 4.98 Å². The molecule has 0 radical (unpaired) electrons. The largest absolute Gasteiger partial charge is 0.453 e. The van der Waals surface area contributed by atoms with Crippen molar-refractivity contribution in [2.45, 2.75) is 24.5 Å². The van der Waals surface area contributed by atoms with Gasteiger partial charge in [0.1, 0.15) is 12.2 Å². The molecule has 0 spiro atoms. The van der Waals surface area contributed by atoms with Crippen molar-refractivity contribution in [3.63, 3.8) is 0 Å². The Labute approximate surface area is 89.9 Å². The van der Waals surface area contributed by atoms with Crippen molar-refractivity contribution in [1.82, 2.24) is 9.55 Å². The second-order valence-corrected chi connectivity index (χ2v) is 3.78. The molecule has 7 heteroatoms. The van der Waals surface area contributed by atoms with E-state index in [9.17, 15) is 9.90 Å². The lowest BCUT2D eigenvalue weighted by Crippen LogP contribution is -2.34. The Hall–Kier alpha value is -1.44. The molecule has 1 aromatic heterocycles. The summed E-state index contributed by atoms with van der Waals surface area (Å²) >= 11 is 0. The quantitative estimate of drug-likeness (QED) is 0.590. The summed E-state index contributed by atoms with van der Waals surface area (Å²) in [6.45, 7) is -0.277. The fraction of sp³-hybridized carbons (Fsp3) is 0.556. The lowest BCUT2D eigenvalue weighted by molar-refractivity contribution is -0.0434. The summed E-state index contributed by atoms with van der Waals surface area (Å²) in [7, 11) is 0. The van der Waals surface area contributed by atoms with Gasteiger partial charge in [-0.3, -0.25) is 9.36 Å². The fourth-order valence-corrected chi connectivity index (χ4v) is 2.02. The minimum atomic E-state index is -0.924. The average molecular weight is 226 g/mol. The third-order valence-electron chi connectivity index (χ3n) is 2.81. The molecule has 1 fully saturated rings. The molecule has 16 heavy (non-hydrogen) atoms. The first-order valence-corrected chi connectivity index (χ1v) is 4.91. The standard InChI is InChI=1S/C9H10N2O5/c12-3-4-6(14)7-8(15-4)11-2-1-5(13)10-9(11)16-7/h1-2,4,6-8,12,14H,3H2/t4-,6-,7?,8?/m0/s1. The molecule has 1 saturated heterocycles. The molecule has 86 valence electrons. The van der Waals surface area contributed by atoms with Gasteiger partial charge >= 0.3 is 6.01 Å². The van der Waals surface area contributed by atoms with E-state index in [1.54, 1.807) is 0 Å². The van der Waals surface area contributed by atoms with E-state index >= 15 is 0 Å². The summed E-state index contributed by atoms with van der Waals surface area (Å²) in [5, 5.41) is 18.7. The average Bonchev–Trinajstić information content (AvgIpc) is 2.75.